The molecule has 0 N–H and O–H groups in total. The van der Waals surface area contributed by atoms with E-state index in [0.29, 0.717) is 12.4 Å². The monoisotopic (exact) mass is 286 g/mol. The van der Waals surface area contributed by atoms with Crippen LogP contribution in [0.5, 0.6) is 11.5 Å². The van der Waals surface area contributed by atoms with E-state index >= 15 is 0 Å². The summed E-state index contributed by atoms with van der Waals surface area (Å²) in [7, 11) is 1.65. The number of benzene rings is 2. The molecule has 0 saturated heterocycles. The fraction of sp³-hybridized carbons (Fsp3) is 0.176. The Labute approximate surface area is 125 Å². The van der Waals surface area contributed by atoms with E-state index in [1.54, 1.807) is 7.11 Å². The smallest absolute Gasteiger partial charge is 0.162 e. The van der Waals surface area contributed by atoms with Crippen LogP contribution in [-0.2, 0) is 6.61 Å². The molecule has 20 heavy (non-hydrogen) atoms. The lowest BCUT2D eigenvalue weighted by Crippen LogP contribution is -1.97. The maximum atomic E-state index is 5.86. The van der Waals surface area contributed by atoms with E-state index < -0.39 is 0 Å². The van der Waals surface area contributed by atoms with Crippen molar-refractivity contribution in [3.05, 3.63) is 65.7 Å². The average Bonchev–Trinajstić information content (AvgIpc) is 2.52. The number of hydrogen-bond acceptors (Lipinski definition) is 3. The molecular weight excluding hydrogens is 268 g/mol. The molecule has 0 aliphatic heterocycles. The van der Waals surface area contributed by atoms with Crippen LogP contribution in [0.3, 0.4) is 0 Å². The molecule has 0 spiro atoms. The molecule has 0 aliphatic carbocycles. The van der Waals surface area contributed by atoms with Crippen LogP contribution in [0.15, 0.2) is 54.6 Å². The summed E-state index contributed by atoms with van der Waals surface area (Å²) in [4.78, 5) is 0. The Bertz CT molecular complexity index is 564. The van der Waals surface area contributed by atoms with Crippen molar-refractivity contribution in [1.29, 1.82) is 0 Å². The minimum atomic E-state index is 0.525. The van der Waals surface area contributed by atoms with E-state index in [9.17, 15) is 0 Å². The summed E-state index contributed by atoms with van der Waals surface area (Å²) < 4.78 is 11.2. The molecule has 2 nitrogen and oxygen atoms in total. The third kappa shape index (κ3) is 4.07. The molecule has 0 aromatic heterocycles. The van der Waals surface area contributed by atoms with Gasteiger partial charge in [-0.15, -0.1) is 0 Å². The quantitative estimate of drug-likeness (QED) is 0.802. The first-order valence-corrected chi connectivity index (χ1v) is 7.09. The van der Waals surface area contributed by atoms with Crippen LogP contribution >= 0.6 is 12.6 Å². The number of methoxy groups -OCH3 is 1. The number of hydrogen-bond donors (Lipinski definition) is 1. The number of thiol groups is 1. The first-order chi connectivity index (χ1) is 9.83. The van der Waals surface area contributed by atoms with E-state index in [1.165, 1.54) is 0 Å². The third-order valence-electron chi connectivity index (χ3n) is 2.84. The van der Waals surface area contributed by atoms with Gasteiger partial charge >= 0.3 is 0 Å². The second kappa shape index (κ2) is 7.65. The molecule has 0 bridgehead atoms. The van der Waals surface area contributed by atoms with Crippen molar-refractivity contribution in [2.75, 3.05) is 12.9 Å². The molecule has 0 heterocycles. The van der Waals surface area contributed by atoms with Crippen LogP contribution in [0, 0.1) is 0 Å². The molecule has 2 aromatic carbocycles. The molecule has 2 aromatic rings. The molecule has 0 aliphatic rings. The van der Waals surface area contributed by atoms with Crippen molar-refractivity contribution in [2.45, 2.75) is 6.61 Å². The fourth-order valence-corrected chi connectivity index (χ4v) is 1.94. The molecule has 0 amide bonds. The summed E-state index contributed by atoms with van der Waals surface area (Å²) >= 11 is 4.16. The zero-order valence-electron chi connectivity index (χ0n) is 11.5. The summed E-state index contributed by atoms with van der Waals surface area (Å²) in [5.41, 5.74) is 2.20. The maximum Gasteiger partial charge on any atom is 0.162 e. The van der Waals surface area contributed by atoms with Crippen molar-refractivity contribution in [2.24, 2.45) is 0 Å². The first kappa shape index (κ1) is 14.5. The van der Waals surface area contributed by atoms with Crippen LogP contribution < -0.4 is 9.47 Å². The molecular formula is C17H18O2S. The van der Waals surface area contributed by atoms with Crippen molar-refractivity contribution < 1.29 is 9.47 Å². The highest BCUT2D eigenvalue weighted by molar-refractivity contribution is 7.80. The maximum absolute atomic E-state index is 5.86. The van der Waals surface area contributed by atoms with Gasteiger partial charge in [0.05, 0.1) is 7.11 Å². The zero-order valence-corrected chi connectivity index (χ0v) is 12.3. The Morgan fingerprint density at radius 3 is 2.55 bits per heavy atom. The second-order valence-electron chi connectivity index (χ2n) is 4.27. The van der Waals surface area contributed by atoms with Crippen molar-refractivity contribution in [1.82, 2.24) is 0 Å². The van der Waals surface area contributed by atoms with Crippen LogP contribution in [-0.4, -0.2) is 12.9 Å². The molecule has 0 unspecified atom stereocenters. The molecule has 0 saturated carbocycles. The Morgan fingerprint density at radius 1 is 1.05 bits per heavy atom. The Balaban J connectivity index is 2.14. The van der Waals surface area contributed by atoms with Gasteiger partial charge in [0.1, 0.15) is 6.61 Å². The summed E-state index contributed by atoms with van der Waals surface area (Å²) in [5, 5.41) is 0. The first-order valence-electron chi connectivity index (χ1n) is 6.45. The van der Waals surface area contributed by atoms with E-state index in [0.717, 1.165) is 22.6 Å². The van der Waals surface area contributed by atoms with Crippen LogP contribution in [0.25, 0.3) is 6.08 Å². The van der Waals surface area contributed by atoms with E-state index in [-0.39, 0.29) is 0 Å². The molecule has 104 valence electrons. The number of rotatable bonds is 6. The molecule has 2 rings (SSSR count). The number of ether oxygens (including phenoxy) is 2. The third-order valence-corrected chi connectivity index (χ3v) is 3.05. The van der Waals surface area contributed by atoms with Gasteiger partial charge in [0.25, 0.3) is 0 Å². The van der Waals surface area contributed by atoms with Gasteiger partial charge in [0.15, 0.2) is 11.5 Å². The lowest BCUT2D eigenvalue weighted by atomic mass is 10.2. The van der Waals surface area contributed by atoms with Crippen LogP contribution in [0.2, 0.25) is 0 Å². The lowest BCUT2D eigenvalue weighted by molar-refractivity contribution is 0.284. The van der Waals surface area contributed by atoms with Crippen LogP contribution in [0.1, 0.15) is 11.1 Å². The molecule has 0 fully saturated rings. The van der Waals surface area contributed by atoms with E-state index in [4.69, 9.17) is 9.47 Å². The highest BCUT2D eigenvalue weighted by Gasteiger charge is 2.05. The Morgan fingerprint density at radius 2 is 1.85 bits per heavy atom. The topological polar surface area (TPSA) is 18.5 Å². The highest BCUT2D eigenvalue weighted by Crippen LogP contribution is 2.29. The van der Waals surface area contributed by atoms with E-state index in [1.807, 2.05) is 60.7 Å². The standard InChI is InChI=1S/C17H18O2S/c1-18-16-10-9-14(8-5-11-20)12-17(16)19-13-15-6-3-2-4-7-15/h2-10,12,20H,11,13H2,1H3. The SMILES string of the molecule is COc1ccc(C=CCS)cc1OCc1ccccc1. The molecule has 3 heteroatoms. The van der Waals surface area contributed by atoms with Crippen molar-refractivity contribution in [3.8, 4) is 11.5 Å². The summed E-state index contributed by atoms with van der Waals surface area (Å²) in [6.45, 7) is 0.525. The Kier molecular flexibility index (Phi) is 5.56. The van der Waals surface area contributed by atoms with Gasteiger partial charge in [0, 0.05) is 5.75 Å². The van der Waals surface area contributed by atoms with Gasteiger partial charge in [-0.05, 0) is 23.3 Å². The minimum absolute atomic E-state index is 0.525. The molecule has 0 atom stereocenters. The summed E-state index contributed by atoms with van der Waals surface area (Å²) in [5.74, 6) is 2.20. The van der Waals surface area contributed by atoms with Gasteiger partial charge in [-0.25, -0.2) is 0 Å². The Hall–Kier alpha value is -1.87. The second-order valence-corrected chi connectivity index (χ2v) is 4.63. The summed E-state index contributed by atoms with van der Waals surface area (Å²) in [6, 6.07) is 16.0. The molecule has 0 radical (unpaired) electrons. The predicted octanol–water partition coefficient (Wildman–Crippen LogP) is 4.22. The van der Waals surface area contributed by atoms with Crippen molar-refractivity contribution in [3.63, 3.8) is 0 Å². The van der Waals surface area contributed by atoms with Gasteiger partial charge in [-0.3, -0.25) is 0 Å². The average molecular weight is 286 g/mol. The van der Waals surface area contributed by atoms with Gasteiger partial charge < -0.3 is 9.47 Å². The van der Waals surface area contributed by atoms with Gasteiger partial charge in [-0.1, -0.05) is 48.6 Å². The normalized spacial score (nSPS) is 10.7. The van der Waals surface area contributed by atoms with Crippen molar-refractivity contribution >= 4 is 18.7 Å². The largest absolute Gasteiger partial charge is 0.493 e. The minimum Gasteiger partial charge on any atom is -0.493 e. The predicted molar refractivity (Wildman–Crippen MR) is 86.7 cm³/mol. The summed E-state index contributed by atoms with van der Waals surface area (Å²) in [6.07, 6.45) is 4.01. The van der Waals surface area contributed by atoms with Gasteiger partial charge in [-0.2, -0.15) is 12.6 Å². The fourth-order valence-electron chi connectivity index (χ4n) is 1.83. The van der Waals surface area contributed by atoms with Gasteiger partial charge in [0.2, 0.25) is 0 Å². The highest BCUT2D eigenvalue weighted by atomic mass is 32.1. The zero-order chi connectivity index (χ0) is 14.2. The van der Waals surface area contributed by atoms with E-state index in [2.05, 4.69) is 12.6 Å². The lowest BCUT2D eigenvalue weighted by Gasteiger charge is -2.11. The van der Waals surface area contributed by atoms with Crippen LogP contribution in [0.4, 0.5) is 0 Å².